The van der Waals surface area contributed by atoms with Gasteiger partial charge in [0.1, 0.15) is 5.78 Å². The molecule has 1 aliphatic heterocycles. The van der Waals surface area contributed by atoms with Gasteiger partial charge in [-0.05, 0) is 13.3 Å². The van der Waals surface area contributed by atoms with Crippen LogP contribution in [0.3, 0.4) is 0 Å². The summed E-state index contributed by atoms with van der Waals surface area (Å²) in [6.07, 6.45) is -4.35. The molecule has 1 aliphatic rings. The highest BCUT2D eigenvalue weighted by Crippen LogP contribution is 2.26. The van der Waals surface area contributed by atoms with E-state index in [2.05, 4.69) is 20.7 Å². The van der Waals surface area contributed by atoms with Crippen LogP contribution in [0.25, 0.3) is 0 Å². The molecule has 0 aromatic carbocycles. The highest BCUT2D eigenvalue weighted by atomic mass is 19.4. The van der Waals surface area contributed by atoms with Crippen molar-refractivity contribution >= 4 is 17.6 Å². The molecule has 0 saturated carbocycles. The lowest BCUT2D eigenvalue weighted by molar-refractivity contribution is -0.144. The maximum Gasteiger partial charge on any atom is 0.451 e. The first-order chi connectivity index (χ1) is 9.27. The number of ketones is 1. The number of carbonyl (C=O) groups is 2. The standard InChI is InChI=1S/C10H12F3N5O2/c1-4(19)5-2-6(14-3-5)7(20)15-9-16-8(17-18-9)10(11,12)13/h5-6,14H,2-3H2,1H3,(H2,15,16,17,18,20). The summed E-state index contributed by atoms with van der Waals surface area (Å²) >= 11 is 0. The number of carbonyl (C=O) groups excluding carboxylic acids is 2. The number of aromatic nitrogens is 3. The van der Waals surface area contributed by atoms with Crippen molar-refractivity contribution in [2.24, 2.45) is 5.92 Å². The van der Waals surface area contributed by atoms with E-state index in [0.29, 0.717) is 13.0 Å². The van der Waals surface area contributed by atoms with Gasteiger partial charge in [0.15, 0.2) is 0 Å². The van der Waals surface area contributed by atoms with Gasteiger partial charge in [0.25, 0.3) is 0 Å². The molecule has 2 heterocycles. The maximum atomic E-state index is 12.3. The Morgan fingerprint density at radius 1 is 1.40 bits per heavy atom. The number of amides is 1. The molecule has 10 heteroatoms. The lowest BCUT2D eigenvalue weighted by atomic mass is 10.0. The molecule has 0 radical (unpaired) electrons. The van der Waals surface area contributed by atoms with Gasteiger partial charge in [-0.25, -0.2) is 0 Å². The quantitative estimate of drug-likeness (QED) is 0.745. The Morgan fingerprint density at radius 2 is 2.10 bits per heavy atom. The fraction of sp³-hybridized carbons (Fsp3) is 0.600. The first-order valence-corrected chi connectivity index (χ1v) is 5.81. The van der Waals surface area contributed by atoms with Crippen LogP contribution in [-0.4, -0.2) is 39.5 Å². The fourth-order valence-corrected chi connectivity index (χ4v) is 1.89. The van der Waals surface area contributed by atoms with Crippen molar-refractivity contribution in [2.75, 3.05) is 11.9 Å². The number of Topliss-reactive ketones (excluding diaryl/α,β-unsaturated/α-hetero) is 1. The minimum Gasteiger partial charge on any atom is -0.305 e. The molecule has 2 atom stereocenters. The van der Waals surface area contributed by atoms with Crippen molar-refractivity contribution in [1.29, 1.82) is 0 Å². The largest absolute Gasteiger partial charge is 0.451 e. The first kappa shape index (κ1) is 14.4. The number of alkyl halides is 3. The Labute approximate surface area is 111 Å². The molecule has 3 N–H and O–H groups in total. The van der Waals surface area contributed by atoms with Crippen molar-refractivity contribution in [2.45, 2.75) is 25.6 Å². The van der Waals surface area contributed by atoms with Crippen LogP contribution >= 0.6 is 0 Å². The van der Waals surface area contributed by atoms with Gasteiger partial charge in [-0.2, -0.15) is 18.2 Å². The Kier molecular flexibility index (Phi) is 3.75. The van der Waals surface area contributed by atoms with E-state index in [1.807, 2.05) is 0 Å². The second-order valence-electron chi connectivity index (χ2n) is 4.50. The molecule has 20 heavy (non-hydrogen) atoms. The predicted molar refractivity (Wildman–Crippen MR) is 60.6 cm³/mol. The highest BCUT2D eigenvalue weighted by Gasteiger charge is 2.36. The summed E-state index contributed by atoms with van der Waals surface area (Å²) < 4.78 is 36.9. The zero-order valence-corrected chi connectivity index (χ0v) is 10.4. The Morgan fingerprint density at radius 3 is 2.60 bits per heavy atom. The van der Waals surface area contributed by atoms with Crippen LogP contribution in [0, 0.1) is 5.92 Å². The van der Waals surface area contributed by atoms with Gasteiger partial charge in [0, 0.05) is 12.5 Å². The third-order valence-electron chi connectivity index (χ3n) is 3.01. The van der Waals surface area contributed by atoms with Gasteiger partial charge < -0.3 is 5.32 Å². The minimum absolute atomic E-state index is 0.0370. The molecule has 1 aromatic heterocycles. The number of anilines is 1. The van der Waals surface area contributed by atoms with Crippen molar-refractivity contribution in [3.05, 3.63) is 5.82 Å². The Bertz CT molecular complexity index is 527. The van der Waals surface area contributed by atoms with E-state index in [0.717, 1.165) is 0 Å². The molecule has 0 spiro atoms. The second-order valence-corrected chi connectivity index (χ2v) is 4.50. The smallest absolute Gasteiger partial charge is 0.305 e. The number of halogens is 3. The molecule has 1 aromatic rings. The number of hydrogen-bond donors (Lipinski definition) is 3. The molecule has 110 valence electrons. The molecule has 2 rings (SSSR count). The van der Waals surface area contributed by atoms with Gasteiger partial charge in [-0.1, -0.05) is 0 Å². The topological polar surface area (TPSA) is 99.8 Å². The van der Waals surface area contributed by atoms with E-state index < -0.39 is 29.9 Å². The lowest BCUT2D eigenvalue weighted by Gasteiger charge is -2.08. The van der Waals surface area contributed by atoms with Crippen LogP contribution in [0.1, 0.15) is 19.2 Å². The number of hydrogen-bond acceptors (Lipinski definition) is 5. The van der Waals surface area contributed by atoms with E-state index in [1.54, 1.807) is 5.10 Å². The third kappa shape index (κ3) is 3.13. The van der Waals surface area contributed by atoms with Gasteiger partial charge in [-0.3, -0.25) is 20.0 Å². The van der Waals surface area contributed by atoms with Crippen LogP contribution in [-0.2, 0) is 15.8 Å². The predicted octanol–water partition coefficient (Wildman–Crippen LogP) is 0.329. The maximum absolute atomic E-state index is 12.3. The summed E-state index contributed by atoms with van der Waals surface area (Å²) in [6, 6.07) is -0.642. The molecular formula is C10H12F3N5O2. The molecule has 1 amide bonds. The number of aromatic amines is 1. The average Bonchev–Trinajstić information content (AvgIpc) is 2.95. The van der Waals surface area contributed by atoms with E-state index in [-0.39, 0.29) is 11.7 Å². The second kappa shape index (κ2) is 5.19. The van der Waals surface area contributed by atoms with Gasteiger partial charge in [-0.15, -0.1) is 5.10 Å². The van der Waals surface area contributed by atoms with Crippen LogP contribution in [0.5, 0.6) is 0 Å². The fourth-order valence-electron chi connectivity index (χ4n) is 1.89. The van der Waals surface area contributed by atoms with Crippen LogP contribution < -0.4 is 10.6 Å². The molecule has 1 saturated heterocycles. The summed E-state index contributed by atoms with van der Waals surface area (Å²) in [6.45, 7) is 1.80. The zero-order chi connectivity index (χ0) is 14.9. The molecule has 0 aliphatic carbocycles. The Hall–Kier alpha value is -1.97. The number of rotatable bonds is 3. The SMILES string of the molecule is CC(=O)C1CNC(C(=O)Nc2n[nH]c(C(F)(F)F)n2)C1. The summed E-state index contributed by atoms with van der Waals surface area (Å²) in [7, 11) is 0. The molecular weight excluding hydrogens is 279 g/mol. The summed E-state index contributed by atoms with van der Waals surface area (Å²) in [5, 5.41) is 9.95. The average molecular weight is 291 g/mol. The molecule has 0 bridgehead atoms. The number of H-pyrrole nitrogens is 1. The monoisotopic (exact) mass is 291 g/mol. The van der Waals surface area contributed by atoms with Crippen LogP contribution in [0.2, 0.25) is 0 Å². The van der Waals surface area contributed by atoms with E-state index in [1.165, 1.54) is 6.92 Å². The van der Waals surface area contributed by atoms with Crippen molar-refractivity contribution in [3.8, 4) is 0 Å². The Balaban J connectivity index is 1.95. The first-order valence-electron chi connectivity index (χ1n) is 5.81. The normalized spacial score (nSPS) is 22.8. The third-order valence-corrected chi connectivity index (χ3v) is 3.01. The summed E-state index contributed by atoms with van der Waals surface area (Å²) in [4.78, 5) is 26.1. The molecule has 7 nitrogen and oxygen atoms in total. The zero-order valence-electron chi connectivity index (χ0n) is 10.4. The minimum atomic E-state index is -4.65. The summed E-state index contributed by atoms with van der Waals surface area (Å²) in [5.41, 5.74) is 0. The van der Waals surface area contributed by atoms with Crippen molar-refractivity contribution in [3.63, 3.8) is 0 Å². The van der Waals surface area contributed by atoms with E-state index in [9.17, 15) is 22.8 Å². The summed E-state index contributed by atoms with van der Waals surface area (Å²) in [5.74, 6) is -2.60. The number of nitrogens with zero attached hydrogens (tertiary/aromatic N) is 2. The van der Waals surface area contributed by atoms with Gasteiger partial charge in [0.05, 0.1) is 6.04 Å². The van der Waals surface area contributed by atoms with Crippen molar-refractivity contribution in [1.82, 2.24) is 20.5 Å². The van der Waals surface area contributed by atoms with Crippen LogP contribution in [0.4, 0.5) is 19.1 Å². The van der Waals surface area contributed by atoms with Crippen molar-refractivity contribution < 1.29 is 22.8 Å². The highest BCUT2D eigenvalue weighted by molar-refractivity contribution is 5.94. The molecule has 2 unspecified atom stereocenters. The van der Waals surface area contributed by atoms with Gasteiger partial charge >= 0.3 is 6.18 Å². The van der Waals surface area contributed by atoms with Gasteiger partial charge in [0.2, 0.25) is 17.7 Å². The van der Waals surface area contributed by atoms with E-state index in [4.69, 9.17) is 0 Å². The van der Waals surface area contributed by atoms with Crippen LogP contribution in [0.15, 0.2) is 0 Å². The molecule has 1 fully saturated rings. The lowest BCUT2D eigenvalue weighted by Crippen LogP contribution is -2.35. The number of nitrogens with one attached hydrogen (secondary N) is 3. The van der Waals surface area contributed by atoms with E-state index >= 15 is 0 Å².